The van der Waals surface area contributed by atoms with Crippen LogP contribution in [-0.4, -0.2) is 69.7 Å². The first-order chi connectivity index (χ1) is 12.2. The summed E-state index contributed by atoms with van der Waals surface area (Å²) >= 11 is 0. The van der Waals surface area contributed by atoms with Gasteiger partial charge in [-0.05, 0) is 48.0 Å². The van der Waals surface area contributed by atoms with E-state index in [1.165, 1.54) is 4.90 Å². The summed E-state index contributed by atoms with van der Waals surface area (Å²) < 4.78 is 10.5. The van der Waals surface area contributed by atoms with Crippen molar-refractivity contribution in [2.24, 2.45) is 5.92 Å². The minimum absolute atomic E-state index is 0.00209. The number of amides is 2. The molecule has 27 heavy (non-hydrogen) atoms. The Bertz CT molecular complexity index is 551. The fourth-order valence-electron chi connectivity index (χ4n) is 2.92. The van der Waals surface area contributed by atoms with Crippen molar-refractivity contribution in [1.82, 2.24) is 10.2 Å². The molecule has 1 aliphatic rings. The summed E-state index contributed by atoms with van der Waals surface area (Å²) in [5.41, 5.74) is -1.40. The van der Waals surface area contributed by atoms with Gasteiger partial charge in [0.15, 0.2) is 0 Å². The highest BCUT2D eigenvalue weighted by Crippen LogP contribution is 2.28. The molecule has 0 bridgehead atoms. The van der Waals surface area contributed by atoms with E-state index >= 15 is 0 Å². The predicted octanol–water partition coefficient (Wildman–Crippen LogP) is 1.97. The number of nitrogens with one attached hydrogen (secondary N) is 1. The van der Waals surface area contributed by atoms with Crippen molar-refractivity contribution < 1.29 is 34.1 Å². The van der Waals surface area contributed by atoms with E-state index in [0.717, 1.165) is 0 Å². The summed E-state index contributed by atoms with van der Waals surface area (Å²) in [5, 5.41) is 21.8. The van der Waals surface area contributed by atoms with Crippen LogP contribution in [0.4, 0.5) is 9.59 Å². The van der Waals surface area contributed by atoms with Crippen LogP contribution in [0.15, 0.2) is 0 Å². The number of aliphatic hydroxyl groups is 1. The second-order valence-corrected chi connectivity index (χ2v) is 8.83. The molecule has 0 aromatic heterocycles. The minimum Gasteiger partial charge on any atom is -0.481 e. The van der Waals surface area contributed by atoms with Crippen LogP contribution >= 0.6 is 0 Å². The van der Waals surface area contributed by atoms with Gasteiger partial charge in [-0.25, -0.2) is 9.59 Å². The average Bonchev–Trinajstić information content (AvgIpc) is 2.81. The summed E-state index contributed by atoms with van der Waals surface area (Å²) in [4.78, 5) is 37.0. The molecule has 0 aromatic carbocycles. The summed E-state index contributed by atoms with van der Waals surface area (Å²) in [6.45, 7) is 10.4. The average molecular weight is 388 g/mol. The van der Waals surface area contributed by atoms with Gasteiger partial charge in [-0.1, -0.05) is 0 Å². The Kier molecular flexibility index (Phi) is 7.48. The molecule has 1 heterocycles. The van der Waals surface area contributed by atoms with Crippen LogP contribution < -0.4 is 5.32 Å². The number of carbonyl (C=O) groups is 3. The molecule has 9 nitrogen and oxygen atoms in total. The zero-order valence-electron chi connectivity index (χ0n) is 16.9. The summed E-state index contributed by atoms with van der Waals surface area (Å²) in [5.74, 6) is -1.66. The number of β-amino-alcohol motifs (C(OH)–C–C–N with tert-alkyl or cyclic N) is 1. The molecule has 0 radical (unpaired) electrons. The standard InChI is InChI=1S/C18H32N2O7/c1-17(2,3)26-15(24)19-9-11(7-14(22)23)13-8-12(21)10-20(13)16(25)27-18(4,5)6/h11-13,21H,7-10H2,1-6H3,(H,19,24)(H,22,23)/t11-,12+,13-/m0/s1. The Balaban J connectivity index is 2.87. The third-order valence-corrected chi connectivity index (χ3v) is 3.84. The SMILES string of the molecule is CC(C)(C)OC(=O)NC[C@H](CC(=O)O)[C@@H]1C[C@@H](O)CN1C(=O)OC(C)(C)C. The molecule has 0 saturated carbocycles. The van der Waals surface area contributed by atoms with Crippen molar-refractivity contribution in [3.8, 4) is 0 Å². The Labute approximate surface area is 160 Å². The van der Waals surface area contributed by atoms with Crippen molar-refractivity contribution in [3.05, 3.63) is 0 Å². The largest absolute Gasteiger partial charge is 0.481 e. The van der Waals surface area contributed by atoms with Crippen LogP contribution in [-0.2, 0) is 14.3 Å². The number of carboxylic acid groups (broad SMARTS) is 1. The van der Waals surface area contributed by atoms with Gasteiger partial charge in [0.2, 0.25) is 0 Å². The van der Waals surface area contributed by atoms with Crippen LogP contribution in [0.1, 0.15) is 54.4 Å². The van der Waals surface area contributed by atoms with Crippen LogP contribution in [0.3, 0.4) is 0 Å². The Morgan fingerprint density at radius 3 is 2.15 bits per heavy atom. The van der Waals surface area contributed by atoms with Crippen LogP contribution in [0.25, 0.3) is 0 Å². The Morgan fingerprint density at radius 1 is 1.11 bits per heavy atom. The first-order valence-electron chi connectivity index (χ1n) is 9.04. The van der Waals surface area contributed by atoms with Crippen molar-refractivity contribution in [2.75, 3.05) is 13.1 Å². The highest BCUT2D eigenvalue weighted by atomic mass is 16.6. The number of carbonyl (C=O) groups excluding carboxylic acids is 2. The molecule has 0 spiro atoms. The van der Waals surface area contributed by atoms with E-state index in [4.69, 9.17) is 9.47 Å². The fraction of sp³-hybridized carbons (Fsp3) is 0.833. The molecule has 156 valence electrons. The molecule has 0 unspecified atom stereocenters. The van der Waals surface area contributed by atoms with E-state index in [2.05, 4.69) is 5.32 Å². The maximum Gasteiger partial charge on any atom is 0.410 e. The molecular weight excluding hydrogens is 356 g/mol. The molecular formula is C18H32N2O7. The molecule has 1 saturated heterocycles. The number of ether oxygens (including phenoxy) is 2. The van der Waals surface area contributed by atoms with E-state index in [9.17, 15) is 24.6 Å². The van der Waals surface area contributed by atoms with Crippen LogP contribution in [0.2, 0.25) is 0 Å². The zero-order chi connectivity index (χ0) is 21.0. The maximum absolute atomic E-state index is 12.5. The lowest BCUT2D eigenvalue weighted by atomic mass is 9.93. The number of alkyl carbamates (subject to hydrolysis) is 1. The molecule has 1 fully saturated rings. The first-order valence-corrected chi connectivity index (χ1v) is 9.04. The lowest BCUT2D eigenvalue weighted by Gasteiger charge is -2.32. The molecule has 1 rings (SSSR count). The number of rotatable bonds is 5. The second kappa shape index (κ2) is 8.77. The Hall–Kier alpha value is -2.03. The van der Waals surface area contributed by atoms with Gasteiger partial charge in [0.25, 0.3) is 0 Å². The number of carboxylic acids is 1. The van der Waals surface area contributed by atoms with Crippen molar-refractivity contribution in [1.29, 1.82) is 0 Å². The molecule has 3 N–H and O–H groups in total. The van der Waals surface area contributed by atoms with Crippen molar-refractivity contribution in [3.63, 3.8) is 0 Å². The molecule has 0 aromatic rings. The van der Waals surface area contributed by atoms with Gasteiger partial charge in [0, 0.05) is 18.5 Å². The lowest BCUT2D eigenvalue weighted by molar-refractivity contribution is -0.138. The zero-order valence-corrected chi connectivity index (χ0v) is 16.9. The highest BCUT2D eigenvalue weighted by Gasteiger charge is 2.41. The molecule has 1 aliphatic heterocycles. The third-order valence-electron chi connectivity index (χ3n) is 3.84. The van der Waals surface area contributed by atoms with Gasteiger partial charge >= 0.3 is 18.2 Å². The van der Waals surface area contributed by atoms with Gasteiger partial charge in [0.05, 0.1) is 19.1 Å². The number of aliphatic carboxylic acids is 1. The number of hydrogen-bond acceptors (Lipinski definition) is 6. The smallest absolute Gasteiger partial charge is 0.410 e. The quantitative estimate of drug-likeness (QED) is 0.657. The van der Waals surface area contributed by atoms with E-state index in [0.29, 0.717) is 0 Å². The predicted molar refractivity (Wildman–Crippen MR) is 97.3 cm³/mol. The van der Waals surface area contributed by atoms with Gasteiger partial charge in [-0.15, -0.1) is 0 Å². The van der Waals surface area contributed by atoms with E-state index in [1.807, 2.05) is 0 Å². The first kappa shape index (κ1) is 23.0. The van der Waals surface area contributed by atoms with Crippen molar-refractivity contribution >= 4 is 18.2 Å². The van der Waals surface area contributed by atoms with Gasteiger partial charge in [-0.3, -0.25) is 4.79 Å². The van der Waals surface area contributed by atoms with Gasteiger partial charge in [-0.2, -0.15) is 0 Å². The third kappa shape index (κ3) is 8.47. The van der Waals surface area contributed by atoms with Crippen molar-refractivity contribution in [2.45, 2.75) is 77.7 Å². The van der Waals surface area contributed by atoms with Crippen LogP contribution in [0.5, 0.6) is 0 Å². The second-order valence-electron chi connectivity index (χ2n) is 8.83. The van der Waals surface area contributed by atoms with Crippen LogP contribution in [0, 0.1) is 5.92 Å². The Morgan fingerprint density at radius 2 is 1.67 bits per heavy atom. The fourth-order valence-corrected chi connectivity index (χ4v) is 2.92. The molecule has 2 amide bonds. The maximum atomic E-state index is 12.5. The van der Waals surface area contributed by atoms with E-state index in [1.54, 1.807) is 41.5 Å². The number of hydrogen-bond donors (Lipinski definition) is 3. The number of nitrogens with zero attached hydrogens (tertiary/aromatic N) is 1. The topological polar surface area (TPSA) is 125 Å². The number of aliphatic hydroxyl groups excluding tert-OH is 1. The van der Waals surface area contributed by atoms with E-state index in [-0.39, 0.29) is 25.9 Å². The van der Waals surface area contributed by atoms with E-state index < -0.39 is 47.4 Å². The minimum atomic E-state index is -1.06. The van der Waals surface area contributed by atoms with Gasteiger partial charge in [0.1, 0.15) is 11.2 Å². The summed E-state index contributed by atoms with van der Waals surface area (Å²) in [7, 11) is 0. The molecule has 9 heteroatoms. The molecule has 0 aliphatic carbocycles. The summed E-state index contributed by atoms with van der Waals surface area (Å²) in [6, 6.07) is -0.569. The van der Waals surface area contributed by atoms with Gasteiger partial charge < -0.3 is 29.9 Å². The molecule has 3 atom stereocenters. The number of likely N-dealkylation sites (tertiary alicyclic amines) is 1. The monoisotopic (exact) mass is 388 g/mol. The normalized spacial score (nSPS) is 21.5. The lowest BCUT2D eigenvalue weighted by Crippen LogP contribution is -2.47. The highest BCUT2D eigenvalue weighted by molar-refractivity contribution is 5.71. The summed E-state index contributed by atoms with van der Waals surface area (Å²) in [6.07, 6.45) is -2.11.